The van der Waals surface area contributed by atoms with Crippen molar-refractivity contribution in [3.8, 4) is 0 Å². The molecule has 0 atom stereocenters. The van der Waals surface area contributed by atoms with Crippen LogP contribution in [0, 0.1) is 0 Å². The maximum atomic E-state index is 12.8. The van der Waals surface area contributed by atoms with E-state index >= 15 is 0 Å². The Balaban J connectivity index is 2.07. The van der Waals surface area contributed by atoms with Gasteiger partial charge in [0.25, 0.3) is 0 Å². The zero-order chi connectivity index (χ0) is 14.2. The Morgan fingerprint density at radius 1 is 1.05 bits per heavy atom. The summed E-state index contributed by atoms with van der Waals surface area (Å²) in [5.74, 6) is 0.221. The van der Waals surface area contributed by atoms with Crippen LogP contribution < -0.4 is 5.32 Å². The molecule has 7 heteroatoms. The van der Waals surface area contributed by atoms with Gasteiger partial charge in [-0.1, -0.05) is 23.4 Å². The van der Waals surface area contributed by atoms with Gasteiger partial charge in [-0.15, -0.1) is 0 Å². The van der Waals surface area contributed by atoms with Gasteiger partial charge in [-0.2, -0.15) is 13.2 Å². The van der Waals surface area contributed by atoms with Gasteiger partial charge in [-0.05, 0) is 18.2 Å². The molecule has 1 aromatic carbocycles. The maximum Gasteiger partial charge on any atom is 0.437 e. The summed E-state index contributed by atoms with van der Waals surface area (Å²) < 4.78 is 43.1. The van der Waals surface area contributed by atoms with Gasteiger partial charge in [0.2, 0.25) is 0 Å². The van der Waals surface area contributed by atoms with Crippen LogP contribution in [-0.2, 0) is 6.18 Å². The number of halogens is 3. The molecule has 0 radical (unpaired) electrons. The Bertz CT molecular complexity index is 737. The number of nitrogens with zero attached hydrogens (tertiary/aromatic N) is 2. The number of aromatic nitrogens is 2. The van der Waals surface area contributed by atoms with Crippen molar-refractivity contribution in [1.82, 2.24) is 10.1 Å². The molecule has 1 N–H and O–H groups in total. The van der Waals surface area contributed by atoms with Crippen LogP contribution in [0.4, 0.5) is 24.7 Å². The summed E-state index contributed by atoms with van der Waals surface area (Å²) in [6.45, 7) is 0. The largest absolute Gasteiger partial charge is 0.437 e. The van der Waals surface area contributed by atoms with Gasteiger partial charge in [0.05, 0.1) is 5.39 Å². The lowest BCUT2D eigenvalue weighted by Crippen LogP contribution is -2.07. The van der Waals surface area contributed by atoms with E-state index in [0.29, 0.717) is 5.69 Å². The summed E-state index contributed by atoms with van der Waals surface area (Å²) in [4.78, 5) is 3.31. The first-order chi connectivity index (χ1) is 9.55. The number of fused-ring (bicyclic) bond motifs is 1. The van der Waals surface area contributed by atoms with Gasteiger partial charge < -0.3 is 9.84 Å². The van der Waals surface area contributed by atoms with Crippen molar-refractivity contribution < 1.29 is 17.7 Å². The van der Waals surface area contributed by atoms with Crippen LogP contribution in [0.3, 0.4) is 0 Å². The van der Waals surface area contributed by atoms with E-state index in [4.69, 9.17) is 4.52 Å². The lowest BCUT2D eigenvalue weighted by Gasteiger charge is -2.05. The minimum atomic E-state index is -4.58. The fraction of sp³-hybridized carbons (Fsp3) is 0.0769. The molecule has 4 nitrogen and oxygen atoms in total. The molecular weight excluding hydrogens is 271 g/mol. The molecule has 0 fully saturated rings. The van der Waals surface area contributed by atoms with Crippen molar-refractivity contribution in [2.45, 2.75) is 6.18 Å². The number of nitrogens with one attached hydrogen (secondary N) is 1. The number of hydrogen-bond donors (Lipinski definition) is 1. The third kappa shape index (κ3) is 2.18. The van der Waals surface area contributed by atoms with E-state index in [1.165, 1.54) is 6.07 Å². The van der Waals surface area contributed by atoms with E-state index in [2.05, 4.69) is 15.5 Å². The number of hydrogen-bond acceptors (Lipinski definition) is 4. The molecule has 3 aromatic rings. The number of pyridine rings is 1. The highest BCUT2D eigenvalue weighted by Crippen LogP contribution is 2.35. The normalized spacial score (nSPS) is 11.8. The van der Waals surface area contributed by atoms with Crippen molar-refractivity contribution in [1.29, 1.82) is 0 Å². The predicted octanol–water partition coefficient (Wildman–Crippen LogP) is 3.99. The summed E-state index contributed by atoms with van der Waals surface area (Å²) in [5.41, 5.74) is -0.755. The van der Waals surface area contributed by atoms with Crippen LogP contribution in [0.2, 0.25) is 0 Å². The minimum Gasteiger partial charge on any atom is -0.352 e. The molecule has 0 aliphatic carbocycles. The second-order valence-corrected chi connectivity index (χ2v) is 4.06. The highest BCUT2D eigenvalue weighted by atomic mass is 19.4. The van der Waals surface area contributed by atoms with Crippen molar-refractivity contribution in [2.24, 2.45) is 0 Å². The molecule has 0 amide bonds. The lowest BCUT2D eigenvalue weighted by atomic mass is 10.2. The summed E-state index contributed by atoms with van der Waals surface area (Å²) in [7, 11) is 0. The predicted molar refractivity (Wildman–Crippen MR) is 66.5 cm³/mol. The smallest absolute Gasteiger partial charge is 0.352 e. The van der Waals surface area contributed by atoms with Crippen molar-refractivity contribution in [2.75, 3.05) is 5.32 Å². The van der Waals surface area contributed by atoms with Gasteiger partial charge in [0.1, 0.15) is 0 Å². The molecular formula is C13H8F3N3O. The first-order valence-corrected chi connectivity index (χ1v) is 5.69. The van der Waals surface area contributed by atoms with E-state index in [1.807, 2.05) is 6.07 Å². The summed E-state index contributed by atoms with van der Waals surface area (Å²) >= 11 is 0. The van der Waals surface area contributed by atoms with Gasteiger partial charge in [-0.3, -0.25) is 0 Å². The summed E-state index contributed by atoms with van der Waals surface area (Å²) in [6.07, 6.45) is -3.50. The van der Waals surface area contributed by atoms with Crippen LogP contribution in [0.25, 0.3) is 11.0 Å². The first kappa shape index (κ1) is 12.5. The van der Waals surface area contributed by atoms with Crippen molar-refractivity contribution in [3.05, 3.63) is 48.3 Å². The minimum absolute atomic E-state index is 0.221. The van der Waals surface area contributed by atoms with Crippen LogP contribution in [0.1, 0.15) is 5.69 Å². The molecule has 0 unspecified atom stereocenters. The molecule has 0 spiro atoms. The third-order valence-electron chi connectivity index (χ3n) is 2.69. The number of para-hydroxylation sites is 1. The Kier molecular flexibility index (Phi) is 2.81. The van der Waals surface area contributed by atoms with E-state index in [9.17, 15) is 13.2 Å². The van der Waals surface area contributed by atoms with Crippen molar-refractivity contribution in [3.63, 3.8) is 0 Å². The third-order valence-corrected chi connectivity index (χ3v) is 2.69. The molecule has 102 valence electrons. The number of alkyl halides is 3. The van der Waals surface area contributed by atoms with Gasteiger partial charge in [0, 0.05) is 11.9 Å². The molecule has 0 aliphatic rings. The zero-order valence-corrected chi connectivity index (χ0v) is 9.98. The highest BCUT2D eigenvalue weighted by molar-refractivity contribution is 5.91. The Hall–Kier alpha value is -2.57. The van der Waals surface area contributed by atoms with Gasteiger partial charge >= 0.3 is 6.18 Å². The van der Waals surface area contributed by atoms with Gasteiger partial charge in [0.15, 0.2) is 17.1 Å². The highest BCUT2D eigenvalue weighted by Gasteiger charge is 2.37. The standard InChI is InChI=1S/C13H8F3N3O/c14-13(15,16)11-10-9(6-7-17-11)12(19-20-10)18-8-4-2-1-3-5-8/h1-7H,(H,18,19). The second kappa shape index (κ2) is 4.52. The number of benzene rings is 1. The first-order valence-electron chi connectivity index (χ1n) is 5.69. The quantitative estimate of drug-likeness (QED) is 0.770. The molecule has 20 heavy (non-hydrogen) atoms. The van der Waals surface area contributed by atoms with Crippen LogP contribution in [0.5, 0.6) is 0 Å². The Morgan fingerprint density at radius 2 is 1.80 bits per heavy atom. The second-order valence-electron chi connectivity index (χ2n) is 4.06. The molecule has 0 saturated heterocycles. The molecule has 0 bridgehead atoms. The van der Waals surface area contributed by atoms with Gasteiger partial charge in [-0.25, -0.2) is 4.98 Å². The number of anilines is 2. The van der Waals surface area contributed by atoms with E-state index < -0.39 is 11.9 Å². The summed E-state index contributed by atoms with van der Waals surface area (Å²) in [5, 5.41) is 6.78. The summed E-state index contributed by atoms with van der Waals surface area (Å²) in [6, 6.07) is 10.4. The van der Waals surface area contributed by atoms with Crippen LogP contribution >= 0.6 is 0 Å². The van der Waals surface area contributed by atoms with Crippen molar-refractivity contribution >= 4 is 22.5 Å². The van der Waals surface area contributed by atoms with E-state index in [0.717, 1.165) is 6.20 Å². The number of rotatable bonds is 2. The monoisotopic (exact) mass is 279 g/mol. The van der Waals surface area contributed by atoms with E-state index in [-0.39, 0.29) is 16.8 Å². The Morgan fingerprint density at radius 3 is 2.50 bits per heavy atom. The molecule has 0 aliphatic heterocycles. The van der Waals surface area contributed by atoms with Crippen LogP contribution in [-0.4, -0.2) is 10.1 Å². The zero-order valence-electron chi connectivity index (χ0n) is 9.98. The lowest BCUT2D eigenvalue weighted by molar-refractivity contribution is -0.140. The SMILES string of the molecule is FC(F)(F)c1nccc2c(Nc3ccccc3)noc12. The molecule has 2 aromatic heterocycles. The fourth-order valence-corrected chi connectivity index (χ4v) is 1.82. The Labute approximate surface area is 111 Å². The molecule has 0 saturated carbocycles. The fourth-order valence-electron chi connectivity index (χ4n) is 1.82. The average molecular weight is 279 g/mol. The average Bonchev–Trinajstić information content (AvgIpc) is 2.82. The van der Waals surface area contributed by atoms with E-state index in [1.54, 1.807) is 24.3 Å². The molecule has 2 heterocycles. The maximum absolute atomic E-state index is 12.8. The molecule has 3 rings (SSSR count). The van der Waals surface area contributed by atoms with Crippen LogP contribution in [0.15, 0.2) is 47.1 Å². The topological polar surface area (TPSA) is 51.0 Å².